The maximum absolute atomic E-state index is 12.4. The summed E-state index contributed by atoms with van der Waals surface area (Å²) in [6.45, 7) is 0.807. The van der Waals surface area contributed by atoms with Gasteiger partial charge in [-0.25, -0.2) is 14.8 Å². The maximum atomic E-state index is 12.4. The Morgan fingerprint density at radius 2 is 2.07 bits per heavy atom. The number of nitrogens with zero attached hydrogens (tertiary/aromatic N) is 3. The van der Waals surface area contributed by atoms with Crippen LogP contribution in [0.5, 0.6) is 0 Å². The molecular weight excluding hydrogens is 368 g/mol. The van der Waals surface area contributed by atoms with Gasteiger partial charge in [-0.15, -0.1) is 11.3 Å². The Kier molecular flexibility index (Phi) is 5.92. The molecule has 27 heavy (non-hydrogen) atoms. The van der Waals surface area contributed by atoms with Crippen molar-refractivity contribution in [2.75, 3.05) is 6.54 Å². The molecule has 3 rings (SSSR count). The molecule has 0 fully saturated rings. The number of aromatic nitrogens is 3. The van der Waals surface area contributed by atoms with E-state index in [4.69, 9.17) is 5.11 Å². The molecule has 3 aromatic rings. The number of aromatic carboxylic acids is 1. The number of nitrogens with one attached hydrogen (secondary N) is 1. The van der Waals surface area contributed by atoms with Gasteiger partial charge in [-0.05, 0) is 18.6 Å². The Morgan fingerprint density at radius 3 is 2.85 bits per heavy atom. The summed E-state index contributed by atoms with van der Waals surface area (Å²) < 4.78 is 1.51. The van der Waals surface area contributed by atoms with Crippen molar-refractivity contribution >= 4 is 34.1 Å². The number of benzene rings is 1. The smallest absolute Gasteiger partial charge is 0.355 e. The number of aryl methyl sites for hydroxylation is 1. The van der Waals surface area contributed by atoms with Crippen molar-refractivity contribution in [1.29, 1.82) is 0 Å². The van der Waals surface area contributed by atoms with Crippen LogP contribution in [0.1, 0.15) is 28.3 Å². The molecule has 0 radical (unpaired) electrons. The fourth-order valence-corrected chi connectivity index (χ4v) is 3.37. The van der Waals surface area contributed by atoms with Crippen molar-refractivity contribution in [3.05, 3.63) is 57.0 Å². The normalized spacial score (nSPS) is 10.8. The van der Waals surface area contributed by atoms with Crippen LogP contribution in [0.25, 0.3) is 10.9 Å². The molecule has 140 valence electrons. The van der Waals surface area contributed by atoms with E-state index in [1.54, 1.807) is 18.2 Å². The van der Waals surface area contributed by atoms with Crippen LogP contribution < -0.4 is 10.9 Å². The minimum absolute atomic E-state index is 0.0239. The first kappa shape index (κ1) is 18.7. The zero-order valence-corrected chi connectivity index (χ0v) is 15.2. The van der Waals surface area contributed by atoms with Gasteiger partial charge in [0, 0.05) is 31.3 Å². The number of rotatable bonds is 8. The minimum atomic E-state index is -1.06. The van der Waals surface area contributed by atoms with Crippen LogP contribution in [0.4, 0.5) is 0 Å². The first-order chi connectivity index (χ1) is 13.0. The monoisotopic (exact) mass is 386 g/mol. The van der Waals surface area contributed by atoms with Crippen molar-refractivity contribution in [2.45, 2.75) is 25.8 Å². The van der Waals surface area contributed by atoms with E-state index in [9.17, 15) is 14.4 Å². The molecule has 0 saturated carbocycles. The number of para-hydroxylation sites is 1. The summed E-state index contributed by atoms with van der Waals surface area (Å²) in [5.74, 6) is -1.17. The summed E-state index contributed by atoms with van der Waals surface area (Å²) >= 11 is 1.26. The lowest BCUT2D eigenvalue weighted by Gasteiger charge is -2.07. The Labute approximate surface area is 158 Å². The molecule has 0 saturated heterocycles. The fourth-order valence-electron chi connectivity index (χ4n) is 2.60. The molecule has 1 aromatic carbocycles. The number of amides is 1. The van der Waals surface area contributed by atoms with Gasteiger partial charge in [0.2, 0.25) is 5.91 Å². The van der Waals surface area contributed by atoms with Gasteiger partial charge in [0.05, 0.1) is 22.2 Å². The van der Waals surface area contributed by atoms with Crippen molar-refractivity contribution < 1.29 is 14.7 Å². The first-order valence-corrected chi connectivity index (χ1v) is 9.31. The number of hydrogen-bond donors (Lipinski definition) is 2. The number of carbonyl (C=O) groups is 2. The van der Waals surface area contributed by atoms with Crippen molar-refractivity contribution in [1.82, 2.24) is 19.9 Å². The third-order valence-electron chi connectivity index (χ3n) is 3.97. The highest BCUT2D eigenvalue weighted by Gasteiger charge is 2.09. The molecule has 2 heterocycles. The van der Waals surface area contributed by atoms with Crippen LogP contribution in [0.15, 0.2) is 40.8 Å². The van der Waals surface area contributed by atoms with Crippen LogP contribution in [0.2, 0.25) is 0 Å². The summed E-state index contributed by atoms with van der Waals surface area (Å²) in [6.07, 6.45) is 2.80. The Hall–Kier alpha value is -3.07. The van der Waals surface area contributed by atoms with E-state index >= 15 is 0 Å². The van der Waals surface area contributed by atoms with Crippen molar-refractivity contribution in [2.24, 2.45) is 0 Å². The standard InChI is InChI=1S/C18H18N4O4S/c23-15(19-8-7-16-21-14(10-27-16)18(25)26)6-3-9-22-11-20-13-5-2-1-4-12(13)17(22)24/h1-2,4-5,10-11H,3,6-9H2,(H,19,23)(H,25,26). The second-order valence-corrected chi connectivity index (χ2v) is 6.84. The number of fused-ring (bicyclic) bond motifs is 1. The lowest BCUT2D eigenvalue weighted by molar-refractivity contribution is -0.121. The summed E-state index contributed by atoms with van der Waals surface area (Å²) in [4.78, 5) is 43.3. The average molecular weight is 386 g/mol. The Balaban J connectivity index is 1.43. The highest BCUT2D eigenvalue weighted by Crippen LogP contribution is 2.10. The first-order valence-electron chi connectivity index (χ1n) is 8.43. The van der Waals surface area contributed by atoms with E-state index in [2.05, 4.69) is 15.3 Å². The molecule has 0 atom stereocenters. The number of carbonyl (C=O) groups excluding carboxylic acids is 1. The second-order valence-electron chi connectivity index (χ2n) is 5.90. The molecule has 0 aliphatic rings. The van der Waals surface area contributed by atoms with E-state index in [-0.39, 0.29) is 23.6 Å². The van der Waals surface area contributed by atoms with Gasteiger partial charge in [0.1, 0.15) is 0 Å². The largest absolute Gasteiger partial charge is 0.476 e. The predicted molar refractivity (Wildman–Crippen MR) is 101 cm³/mol. The lowest BCUT2D eigenvalue weighted by atomic mass is 10.2. The van der Waals surface area contributed by atoms with Gasteiger partial charge in [0.25, 0.3) is 5.56 Å². The van der Waals surface area contributed by atoms with Gasteiger partial charge in [-0.1, -0.05) is 12.1 Å². The topological polar surface area (TPSA) is 114 Å². The molecular formula is C18H18N4O4S. The SMILES string of the molecule is O=C(CCCn1cnc2ccccc2c1=O)NCCc1nc(C(=O)O)cs1. The maximum Gasteiger partial charge on any atom is 0.355 e. The summed E-state index contributed by atoms with van der Waals surface area (Å²) in [7, 11) is 0. The van der Waals surface area contributed by atoms with Gasteiger partial charge in [-0.3, -0.25) is 14.2 Å². The molecule has 8 nitrogen and oxygen atoms in total. The molecule has 0 aliphatic heterocycles. The molecule has 0 aliphatic carbocycles. The molecule has 0 spiro atoms. The second kappa shape index (κ2) is 8.54. The molecule has 2 aromatic heterocycles. The highest BCUT2D eigenvalue weighted by atomic mass is 32.1. The van der Waals surface area contributed by atoms with Gasteiger partial charge >= 0.3 is 5.97 Å². The Morgan fingerprint density at radius 1 is 1.26 bits per heavy atom. The van der Waals surface area contributed by atoms with Gasteiger partial charge < -0.3 is 10.4 Å². The van der Waals surface area contributed by atoms with Crippen LogP contribution in [-0.4, -0.2) is 38.1 Å². The van der Waals surface area contributed by atoms with E-state index in [0.29, 0.717) is 41.8 Å². The van der Waals surface area contributed by atoms with Crippen LogP contribution in [0.3, 0.4) is 0 Å². The van der Waals surface area contributed by atoms with Gasteiger partial charge in [-0.2, -0.15) is 0 Å². The van der Waals surface area contributed by atoms with E-state index in [1.165, 1.54) is 27.6 Å². The number of carboxylic acids is 1. The molecule has 2 N–H and O–H groups in total. The van der Waals surface area contributed by atoms with Crippen molar-refractivity contribution in [3.8, 4) is 0 Å². The van der Waals surface area contributed by atoms with E-state index in [1.807, 2.05) is 6.07 Å². The minimum Gasteiger partial charge on any atom is -0.476 e. The molecule has 9 heteroatoms. The number of thiazole rings is 1. The quantitative estimate of drug-likeness (QED) is 0.609. The van der Waals surface area contributed by atoms with E-state index < -0.39 is 5.97 Å². The van der Waals surface area contributed by atoms with Crippen LogP contribution in [-0.2, 0) is 17.8 Å². The van der Waals surface area contributed by atoms with Crippen LogP contribution in [0, 0.1) is 0 Å². The highest BCUT2D eigenvalue weighted by molar-refractivity contribution is 7.09. The number of carboxylic acid groups (broad SMARTS) is 1. The van der Waals surface area contributed by atoms with Crippen molar-refractivity contribution in [3.63, 3.8) is 0 Å². The fraction of sp³-hybridized carbons (Fsp3) is 0.278. The summed E-state index contributed by atoms with van der Waals surface area (Å²) in [6, 6.07) is 7.15. The summed E-state index contributed by atoms with van der Waals surface area (Å²) in [5, 5.41) is 14.3. The predicted octanol–water partition coefficient (Wildman–Crippen LogP) is 1.69. The lowest BCUT2D eigenvalue weighted by Crippen LogP contribution is -2.26. The zero-order chi connectivity index (χ0) is 19.2. The number of hydrogen-bond acceptors (Lipinski definition) is 6. The molecule has 0 unspecified atom stereocenters. The average Bonchev–Trinajstić information content (AvgIpc) is 3.13. The summed E-state index contributed by atoms with van der Waals surface area (Å²) in [5.41, 5.74) is 0.569. The third kappa shape index (κ3) is 4.76. The van der Waals surface area contributed by atoms with E-state index in [0.717, 1.165) is 0 Å². The molecule has 0 bridgehead atoms. The zero-order valence-electron chi connectivity index (χ0n) is 14.4. The van der Waals surface area contributed by atoms with Crippen LogP contribution >= 0.6 is 11.3 Å². The third-order valence-corrected chi connectivity index (χ3v) is 4.87. The Bertz CT molecular complexity index is 1030. The van der Waals surface area contributed by atoms with Gasteiger partial charge in [0.15, 0.2) is 5.69 Å². The molecule has 1 amide bonds.